The SMILES string of the molecule is [C-]#[N+]/C(C#N)=C\c1ccc(-c2cc3sc4c5c(sc4c3s2)-c2sc(-c3ccc(/C=C(\C#N)[N+]#[C-])s3)cc2C52CCCCC2)s1. The number of fused-ring (bicyclic) bond motifs is 9. The van der Waals surface area contributed by atoms with Crippen molar-refractivity contribution in [3.8, 4) is 41.4 Å². The van der Waals surface area contributed by atoms with Gasteiger partial charge in [-0.05, 0) is 67.0 Å². The quantitative estimate of drug-likeness (QED) is 0.138. The van der Waals surface area contributed by atoms with E-state index in [-0.39, 0.29) is 16.8 Å². The lowest BCUT2D eigenvalue weighted by atomic mass is 9.68. The molecule has 0 saturated heterocycles. The molecule has 0 bridgehead atoms. The Bertz CT molecular complexity index is 2350. The minimum absolute atomic E-state index is 0.0835. The summed E-state index contributed by atoms with van der Waals surface area (Å²) in [4.78, 5) is 16.2. The first-order valence-corrected chi connectivity index (χ1v) is 18.8. The summed E-state index contributed by atoms with van der Waals surface area (Å²) in [5.74, 6) is 0. The van der Waals surface area contributed by atoms with Gasteiger partial charge in [-0.15, -0.1) is 68.0 Å². The van der Waals surface area contributed by atoms with Crippen LogP contribution in [0.15, 0.2) is 47.8 Å². The van der Waals surface area contributed by atoms with Crippen LogP contribution in [-0.2, 0) is 5.41 Å². The molecule has 2 aliphatic rings. The lowest BCUT2D eigenvalue weighted by Crippen LogP contribution is -2.27. The van der Waals surface area contributed by atoms with E-state index in [1.165, 1.54) is 85.7 Å². The van der Waals surface area contributed by atoms with Crippen molar-refractivity contribution in [3.63, 3.8) is 0 Å². The summed E-state index contributed by atoms with van der Waals surface area (Å²) < 4.78 is 5.60. The molecule has 1 saturated carbocycles. The third kappa shape index (κ3) is 4.19. The lowest BCUT2D eigenvalue weighted by molar-refractivity contribution is 0.356. The van der Waals surface area contributed by atoms with Gasteiger partial charge in [0.05, 0.1) is 44.3 Å². The first-order chi connectivity index (χ1) is 21.5. The molecule has 0 radical (unpaired) electrons. The molecule has 210 valence electrons. The smallest absolute Gasteiger partial charge is 0.227 e. The fraction of sp³-hybridized carbons (Fsp3) is 0.176. The second-order valence-electron chi connectivity index (χ2n) is 10.8. The van der Waals surface area contributed by atoms with Crippen LogP contribution in [0.25, 0.3) is 69.9 Å². The van der Waals surface area contributed by atoms with Crippen LogP contribution in [0.5, 0.6) is 0 Å². The Labute approximate surface area is 278 Å². The highest BCUT2D eigenvalue weighted by Crippen LogP contribution is 2.65. The third-order valence-electron chi connectivity index (χ3n) is 8.39. The Hall–Kier alpha value is -3.84. The van der Waals surface area contributed by atoms with E-state index in [1.807, 2.05) is 69.6 Å². The zero-order valence-corrected chi connectivity index (χ0v) is 27.8. The minimum Gasteiger partial charge on any atom is -0.227 e. The average molecular weight is 675 g/mol. The van der Waals surface area contributed by atoms with Gasteiger partial charge in [-0.25, -0.2) is 20.2 Å². The van der Waals surface area contributed by atoms with E-state index in [2.05, 4.69) is 34.0 Å². The number of hydrogen-bond donors (Lipinski definition) is 0. The number of rotatable bonds is 4. The lowest BCUT2D eigenvalue weighted by Gasteiger charge is -2.35. The molecule has 6 aromatic heterocycles. The molecular formula is C34H18N4S6. The van der Waals surface area contributed by atoms with E-state index in [1.54, 1.807) is 40.4 Å². The van der Waals surface area contributed by atoms with Crippen LogP contribution in [0.4, 0.5) is 0 Å². The molecule has 0 atom stereocenters. The zero-order valence-electron chi connectivity index (χ0n) is 22.9. The first-order valence-electron chi connectivity index (χ1n) is 13.9. The van der Waals surface area contributed by atoms with Crippen LogP contribution in [0.2, 0.25) is 0 Å². The van der Waals surface area contributed by atoms with Gasteiger partial charge >= 0.3 is 0 Å². The summed E-state index contributed by atoms with van der Waals surface area (Å²) in [5.41, 5.74) is 3.40. The monoisotopic (exact) mass is 674 g/mol. The van der Waals surface area contributed by atoms with Gasteiger partial charge in [0.15, 0.2) is 0 Å². The number of allylic oxidation sites excluding steroid dienone is 2. The van der Waals surface area contributed by atoms with Crippen molar-refractivity contribution in [3.05, 3.63) is 91.5 Å². The van der Waals surface area contributed by atoms with Crippen molar-refractivity contribution in [2.24, 2.45) is 0 Å². The van der Waals surface area contributed by atoms with E-state index in [4.69, 9.17) is 18.4 Å². The molecule has 2 aliphatic carbocycles. The Morgan fingerprint density at radius 2 is 1.32 bits per heavy atom. The highest BCUT2D eigenvalue weighted by Gasteiger charge is 2.48. The van der Waals surface area contributed by atoms with Crippen molar-refractivity contribution >= 4 is 99.0 Å². The molecule has 0 aliphatic heterocycles. The fourth-order valence-electron chi connectivity index (χ4n) is 6.52. The second-order valence-corrected chi connectivity index (χ2v) is 17.2. The summed E-state index contributed by atoms with van der Waals surface area (Å²) in [6.45, 7) is 14.4. The van der Waals surface area contributed by atoms with Crippen LogP contribution in [-0.4, -0.2) is 0 Å². The largest absolute Gasteiger partial charge is 0.263 e. The van der Waals surface area contributed by atoms with Gasteiger partial charge in [-0.1, -0.05) is 19.3 Å². The predicted molar refractivity (Wildman–Crippen MR) is 189 cm³/mol. The molecule has 0 amide bonds. The molecule has 0 aromatic carbocycles. The van der Waals surface area contributed by atoms with Gasteiger partial charge in [0, 0.05) is 49.8 Å². The topological polar surface area (TPSA) is 56.3 Å². The predicted octanol–water partition coefficient (Wildman–Crippen LogP) is 12.5. The third-order valence-corrected chi connectivity index (χ3v) is 16.0. The maximum Gasteiger partial charge on any atom is 0.263 e. The van der Waals surface area contributed by atoms with Crippen molar-refractivity contribution < 1.29 is 0 Å². The Morgan fingerprint density at radius 1 is 0.682 bits per heavy atom. The molecule has 0 N–H and O–H groups in total. The summed E-state index contributed by atoms with van der Waals surface area (Å²) in [7, 11) is 0. The number of nitrogens with zero attached hydrogens (tertiary/aromatic N) is 4. The fourth-order valence-corrected chi connectivity index (χ4v) is 14.4. The van der Waals surface area contributed by atoms with Crippen molar-refractivity contribution in [1.29, 1.82) is 10.5 Å². The molecule has 8 rings (SSSR count). The summed E-state index contributed by atoms with van der Waals surface area (Å²) >= 11 is 11.0. The van der Waals surface area contributed by atoms with Crippen molar-refractivity contribution in [2.75, 3.05) is 0 Å². The molecule has 10 heteroatoms. The van der Waals surface area contributed by atoms with Gasteiger partial charge in [0.25, 0.3) is 11.4 Å². The van der Waals surface area contributed by atoms with E-state index >= 15 is 0 Å². The van der Waals surface area contributed by atoms with E-state index in [9.17, 15) is 5.26 Å². The molecule has 44 heavy (non-hydrogen) atoms. The molecule has 6 heterocycles. The highest BCUT2D eigenvalue weighted by atomic mass is 32.1. The summed E-state index contributed by atoms with van der Waals surface area (Å²) in [6.07, 6.45) is 9.55. The number of nitriles is 2. The molecule has 4 nitrogen and oxygen atoms in total. The highest BCUT2D eigenvalue weighted by molar-refractivity contribution is 7.41. The maximum atomic E-state index is 9.20. The molecule has 1 spiro atoms. The number of hydrogen-bond acceptors (Lipinski definition) is 8. The Kier molecular flexibility index (Phi) is 6.70. The average Bonchev–Trinajstić information content (AvgIpc) is 3.88. The molecular weight excluding hydrogens is 657 g/mol. The van der Waals surface area contributed by atoms with Gasteiger partial charge in [0.1, 0.15) is 0 Å². The zero-order chi connectivity index (χ0) is 30.0. The maximum absolute atomic E-state index is 9.20. The van der Waals surface area contributed by atoms with E-state index < -0.39 is 0 Å². The van der Waals surface area contributed by atoms with Crippen LogP contribution in [0, 0.1) is 35.8 Å². The Morgan fingerprint density at radius 3 is 1.93 bits per heavy atom. The van der Waals surface area contributed by atoms with Crippen LogP contribution < -0.4 is 0 Å². The first kappa shape index (κ1) is 27.7. The van der Waals surface area contributed by atoms with Gasteiger partial charge in [-0.2, -0.15) is 0 Å². The summed E-state index contributed by atoms with van der Waals surface area (Å²) in [6, 6.07) is 16.9. The minimum atomic E-state index is 0.0835. The normalized spacial score (nSPS) is 15.6. The van der Waals surface area contributed by atoms with Gasteiger partial charge in [0.2, 0.25) is 0 Å². The van der Waals surface area contributed by atoms with Crippen LogP contribution >= 0.6 is 68.0 Å². The van der Waals surface area contributed by atoms with E-state index in [0.717, 1.165) is 9.75 Å². The Balaban J connectivity index is 1.22. The van der Waals surface area contributed by atoms with Crippen molar-refractivity contribution in [2.45, 2.75) is 37.5 Å². The molecule has 6 aromatic rings. The van der Waals surface area contributed by atoms with Gasteiger partial charge < -0.3 is 0 Å². The summed E-state index contributed by atoms with van der Waals surface area (Å²) in [5, 5.41) is 18.3. The van der Waals surface area contributed by atoms with Crippen LogP contribution in [0.1, 0.15) is 53.0 Å². The molecule has 1 fully saturated rings. The van der Waals surface area contributed by atoms with Crippen molar-refractivity contribution in [1.82, 2.24) is 0 Å². The second kappa shape index (κ2) is 10.7. The standard InChI is InChI=1S/C34H18N4S6/c1-37-18(16-35)12-20-6-8-23(39-20)25-14-22-29(41-25)31-28(34(22)10-4-3-5-11-34)32-33(44-31)30-27(43-32)15-26(42-30)24-9-7-21(40-24)13-19(17-36)38-2/h6-9,12-15H,3-5,10-11H2/b18-12+,19-13-. The van der Waals surface area contributed by atoms with Crippen LogP contribution in [0.3, 0.4) is 0 Å². The number of thiophene rings is 6. The molecule has 0 unspecified atom stereocenters. The van der Waals surface area contributed by atoms with E-state index in [0.29, 0.717) is 0 Å². The van der Waals surface area contributed by atoms with Gasteiger partial charge in [-0.3, -0.25) is 0 Å².